The van der Waals surface area contributed by atoms with Gasteiger partial charge in [-0.25, -0.2) is 0 Å². The van der Waals surface area contributed by atoms with Gasteiger partial charge in [-0.15, -0.1) is 51.7 Å². The van der Waals surface area contributed by atoms with Crippen LogP contribution in [0.15, 0.2) is 78.9 Å². The van der Waals surface area contributed by atoms with Crippen molar-refractivity contribution in [1.29, 1.82) is 0 Å². The first-order valence-electron chi connectivity index (χ1n) is 10.6. The second-order valence-electron chi connectivity index (χ2n) is 7.67. The zero-order valence-corrected chi connectivity index (χ0v) is 21.0. The summed E-state index contributed by atoms with van der Waals surface area (Å²) in [5.41, 5.74) is 7.15. The maximum absolute atomic E-state index is 3.43. The van der Waals surface area contributed by atoms with Crippen molar-refractivity contribution in [3.05, 3.63) is 102 Å². The quantitative estimate of drug-likeness (QED) is 0.182. The molecule has 1 heteroatoms. The zero-order chi connectivity index (χ0) is 19.3. The fourth-order valence-corrected chi connectivity index (χ4v) is 4.41. The Morgan fingerprint density at radius 1 is 0.862 bits per heavy atom. The molecule has 1 unspecified atom stereocenters. The van der Waals surface area contributed by atoms with Crippen LogP contribution in [0.2, 0.25) is 0 Å². The second kappa shape index (κ2) is 10.3. The molecule has 0 amide bonds. The van der Waals surface area contributed by atoms with Gasteiger partial charge in [0.25, 0.3) is 0 Å². The molecule has 4 aromatic carbocycles. The van der Waals surface area contributed by atoms with Crippen molar-refractivity contribution < 1.29 is 25.8 Å². The Morgan fingerprint density at radius 3 is 2.41 bits per heavy atom. The van der Waals surface area contributed by atoms with Crippen LogP contribution in [0.1, 0.15) is 55.7 Å². The summed E-state index contributed by atoms with van der Waals surface area (Å²) in [6, 6.07) is 31.7. The van der Waals surface area contributed by atoms with E-state index in [2.05, 4.69) is 92.7 Å². The first kappa shape index (κ1) is 21.8. The average molecular weight is 543 g/mol. The Morgan fingerprint density at radius 2 is 1.62 bits per heavy atom. The van der Waals surface area contributed by atoms with Crippen molar-refractivity contribution in [2.75, 3.05) is 0 Å². The summed E-state index contributed by atoms with van der Waals surface area (Å²) in [5.74, 6) is 0.567. The first-order valence-corrected chi connectivity index (χ1v) is 10.6. The summed E-state index contributed by atoms with van der Waals surface area (Å²) in [5, 5.41) is 2.75. The minimum absolute atomic E-state index is 0. The van der Waals surface area contributed by atoms with Crippen LogP contribution in [0, 0.1) is 6.07 Å². The van der Waals surface area contributed by atoms with E-state index in [1.807, 2.05) is 6.07 Å². The molecule has 0 radical (unpaired) electrons. The van der Waals surface area contributed by atoms with Crippen LogP contribution in [0.4, 0.5) is 0 Å². The molecule has 0 heterocycles. The molecular weight excluding hydrogens is 515 g/mol. The predicted molar refractivity (Wildman–Crippen MR) is 121 cm³/mol. The van der Waals surface area contributed by atoms with Crippen molar-refractivity contribution >= 4 is 10.8 Å². The second-order valence-corrected chi connectivity index (χ2v) is 7.67. The van der Waals surface area contributed by atoms with E-state index in [4.69, 9.17) is 0 Å². The van der Waals surface area contributed by atoms with E-state index >= 15 is 0 Å². The summed E-state index contributed by atoms with van der Waals surface area (Å²) < 4.78 is 0. The molecule has 1 aliphatic carbocycles. The molecule has 4 aromatic rings. The van der Waals surface area contributed by atoms with Gasteiger partial charge in [0.15, 0.2) is 0 Å². The molecule has 5 rings (SSSR count). The molecule has 146 valence electrons. The Bertz CT molecular complexity index is 978. The number of fused-ring (bicyclic) bond motifs is 4. The van der Waals surface area contributed by atoms with Gasteiger partial charge in [-0.05, 0) is 24.3 Å². The monoisotopic (exact) mass is 544 g/mol. The maximum Gasteiger partial charge on any atom is 0 e. The van der Waals surface area contributed by atoms with Crippen LogP contribution in [0.25, 0.3) is 21.9 Å². The van der Waals surface area contributed by atoms with E-state index in [0.717, 1.165) is 0 Å². The van der Waals surface area contributed by atoms with Gasteiger partial charge >= 0.3 is 0 Å². The van der Waals surface area contributed by atoms with Gasteiger partial charge in [-0.1, -0.05) is 62.6 Å². The van der Waals surface area contributed by atoms with E-state index in [1.165, 1.54) is 64.3 Å². The Labute approximate surface area is 194 Å². The molecule has 1 aliphatic rings. The first-order chi connectivity index (χ1) is 13.8. The SMILES string of the molecule is CCCC1c2[c-]cccc2-c2ccccc21.CCCc1cc2ccccc2[cH-]1.[Hf]. The smallest absolute Gasteiger partial charge is 0 e. The minimum Gasteiger partial charge on any atom is -0.179 e. The predicted octanol–water partition coefficient (Wildman–Crippen LogP) is 7.91. The number of hydrogen-bond acceptors (Lipinski definition) is 0. The molecule has 0 aliphatic heterocycles. The largest absolute Gasteiger partial charge is 0.179 e. The van der Waals surface area contributed by atoms with Crippen molar-refractivity contribution in [2.45, 2.75) is 45.4 Å². The van der Waals surface area contributed by atoms with Gasteiger partial charge in [0.05, 0.1) is 0 Å². The molecule has 29 heavy (non-hydrogen) atoms. The third-order valence-corrected chi connectivity index (χ3v) is 5.66. The Balaban J connectivity index is 0.000000167. The Hall–Kier alpha value is -1.86. The fourth-order valence-electron chi connectivity index (χ4n) is 4.41. The van der Waals surface area contributed by atoms with Crippen molar-refractivity contribution in [3.63, 3.8) is 0 Å². The normalized spacial score (nSPS) is 13.8. The molecule has 0 saturated heterocycles. The number of hydrogen-bond donors (Lipinski definition) is 0. The van der Waals surface area contributed by atoms with E-state index in [9.17, 15) is 0 Å². The molecule has 0 fully saturated rings. The van der Waals surface area contributed by atoms with Crippen LogP contribution < -0.4 is 0 Å². The van der Waals surface area contributed by atoms with Gasteiger partial charge in [0, 0.05) is 25.8 Å². The van der Waals surface area contributed by atoms with Gasteiger partial charge in [0.1, 0.15) is 0 Å². The van der Waals surface area contributed by atoms with Crippen LogP contribution in [0.3, 0.4) is 0 Å². The summed E-state index contributed by atoms with van der Waals surface area (Å²) in [6.45, 7) is 4.47. The van der Waals surface area contributed by atoms with Crippen molar-refractivity contribution in [3.8, 4) is 11.1 Å². The number of rotatable bonds is 4. The van der Waals surface area contributed by atoms with Gasteiger partial charge in [-0.3, -0.25) is 0 Å². The topological polar surface area (TPSA) is 0 Å². The molecule has 0 saturated carbocycles. The summed E-state index contributed by atoms with van der Waals surface area (Å²) in [4.78, 5) is 0. The molecule has 0 spiro atoms. The number of aryl methyl sites for hydroxylation is 1. The minimum atomic E-state index is 0. The Kier molecular flexibility index (Phi) is 7.72. The van der Waals surface area contributed by atoms with Gasteiger partial charge in [0.2, 0.25) is 0 Å². The van der Waals surface area contributed by atoms with E-state index in [0.29, 0.717) is 5.92 Å². The van der Waals surface area contributed by atoms with Crippen LogP contribution in [-0.2, 0) is 32.3 Å². The third kappa shape index (κ3) is 4.67. The fraction of sp³-hybridized carbons (Fsp3) is 0.250. The summed E-state index contributed by atoms with van der Waals surface area (Å²) >= 11 is 0. The van der Waals surface area contributed by atoms with E-state index < -0.39 is 0 Å². The molecule has 0 nitrogen and oxygen atoms in total. The van der Waals surface area contributed by atoms with Crippen LogP contribution in [0.5, 0.6) is 0 Å². The van der Waals surface area contributed by atoms with Gasteiger partial charge < -0.3 is 0 Å². The van der Waals surface area contributed by atoms with E-state index in [1.54, 1.807) is 0 Å². The molecular formula is C28H28Hf-2. The summed E-state index contributed by atoms with van der Waals surface area (Å²) in [6.07, 6.45) is 4.89. The molecule has 0 bridgehead atoms. The van der Waals surface area contributed by atoms with E-state index in [-0.39, 0.29) is 25.8 Å². The average Bonchev–Trinajstić information content (AvgIpc) is 3.29. The van der Waals surface area contributed by atoms with Crippen molar-refractivity contribution in [2.24, 2.45) is 0 Å². The van der Waals surface area contributed by atoms with Crippen LogP contribution >= 0.6 is 0 Å². The van der Waals surface area contributed by atoms with Gasteiger partial charge in [-0.2, -0.15) is 30.3 Å². The molecule has 0 N–H and O–H groups in total. The number of benzene rings is 3. The summed E-state index contributed by atoms with van der Waals surface area (Å²) in [7, 11) is 0. The molecule has 0 aromatic heterocycles. The third-order valence-electron chi connectivity index (χ3n) is 5.66. The zero-order valence-electron chi connectivity index (χ0n) is 17.4. The molecule has 1 atom stereocenters. The van der Waals surface area contributed by atoms with Crippen LogP contribution in [-0.4, -0.2) is 0 Å². The maximum atomic E-state index is 3.43. The standard InChI is InChI=1S/C16H15.C12H13.Hf/c1-2-7-12-13-8-3-5-10-15(13)16-11-6-4-9-14(12)16;1-2-5-10-8-11-6-3-4-7-12(11)9-10;/h3-6,8,10-12H,2,7H2,1H3;3-4,6-9H,2,5H2,1H3;/q2*-1;. The van der Waals surface area contributed by atoms with Crippen molar-refractivity contribution in [1.82, 2.24) is 0 Å².